The lowest BCUT2D eigenvalue weighted by Gasteiger charge is -2.63. The summed E-state index contributed by atoms with van der Waals surface area (Å²) in [5.41, 5.74) is -0.195. The van der Waals surface area contributed by atoms with Gasteiger partial charge < -0.3 is 29.6 Å². The minimum Gasteiger partial charge on any atom is -0.489 e. The molecule has 0 aliphatic heterocycles. The molecule has 6 rings (SSSR count). The number of nitrogens with one attached hydrogen (secondary N) is 2. The Morgan fingerprint density at radius 3 is 1.41 bits per heavy atom. The van der Waals surface area contributed by atoms with E-state index in [1.807, 2.05) is 61.5 Å². The Balaban J connectivity index is 0.878. The zero-order chi connectivity index (χ0) is 44.3. The van der Waals surface area contributed by atoms with E-state index in [1.165, 1.54) is 24.8 Å². The third-order valence-electron chi connectivity index (χ3n) is 11.9. The molecule has 2 aliphatic carbocycles. The fourth-order valence-corrected chi connectivity index (χ4v) is 9.74. The van der Waals surface area contributed by atoms with Gasteiger partial charge in [0.1, 0.15) is 48.3 Å². The standard InChI is InChI=1S/C45H50Cl2N8O6/c1-42(2)38(43(3,4)40(42)60-30-11-9-26(19-48)32(46)17-30)54-36(56)28-21-50-34(51-22-28)13-14-58-15-16-59-25-35-52-23-29(24-53-35)37(57)55-39-44(5,6)41(45(39,7)8)61-31-12-10-27(20-49)33(47)18-31/h9-12,17-18,21-24,38-41H,13-16,25H2,1-8H3,(H,54,56)(H,55,57). The highest BCUT2D eigenvalue weighted by atomic mass is 35.5. The number of carbonyl (C=O) groups is 2. The molecule has 2 saturated carbocycles. The molecule has 2 N–H and O–H groups in total. The largest absolute Gasteiger partial charge is 0.489 e. The van der Waals surface area contributed by atoms with Crippen molar-refractivity contribution in [2.75, 3.05) is 19.8 Å². The highest BCUT2D eigenvalue weighted by molar-refractivity contribution is 6.32. The second-order valence-corrected chi connectivity index (χ2v) is 18.6. The van der Waals surface area contributed by atoms with Gasteiger partial charge in [-0.15, -0.1) is 0 Å². The van der Waals surface area contributed by atoms with E-state index in [1.54, 1.807) is 36.4 Å². The van der Waals surface area contributed by atoms with Crippen LogP contribution in [0.15, 0.2) is 61.2 Å². The van der Waals surface area contributed by atoms with Crippen molar-refractivity contribution in [2.45, 2.75) is 92.7 Å². The summed E-state index contributed by atoms with van der Waals surface area (Å²) in [6.45, 7) is 17.5. The minimum atomic E-state index is -0.410. The van der Waals surface area contributed by atoms with E-state index in [2.05, 4.69) is 36.6 Å². The summed E-state index contributed by atoms with van der Waals surface area (Å²) in [4.78, 5) is 43.8. The van der Waals surface area contributed by atoms with Crippen LogP contribution in [0.2, 0.25) is 10.0 Å². The lowest BCUT2D eigenvalue weighted by Crippen LogP contribution is -2.74. The molecule has 2 aliphatic rings. The first-order valence-corrected chi connectivity index (χ1v) is 20.7. The molecule has 14 nitrogen and oxygen atoms in total. The van der Waals surface area contributed by atoms with Gasteiger partial charge >= 0.3 is 0 Å². The smallest absolute Gasteiger partial charge is 0.254 e. The van der Waals surface area contributed by atoms with E-state index in [4.69, 9.17) is 42.1 Å². The fourth-order valence-electron chi connectivity index (χ4n) is 9.31. The van der Waals surface area contributed by atoms with Crippen molar-refractivity contribution >= 4 is 35.0 Å². The quantitative estimate of drug-likeness (QED) is 0.107. The SMILES string of the molecule is CC1(C)C(NC(=O)c2cnc(CCOCCOCc3ncc(C(=O)NC4C(C)(C)C(Oc5ccc(C#N)c(Cl)c5)C4(C)C)cn3)nc2)C(C)(C)C1Oc1ccc(C#N)c(Cl)c1. The summed E-state index contributed by atoms with van der Waals surface area (Å²) >= 11 is 12.4. The van der Waals surface area contributed by atoms with Crippen LogP contribution in [0.3, 0.4) is 0 Å². The van der Waals surface area contributed by atoms with Crippen LogP contribution in [-0.2, 0) is 22.5 Å². The fraction of sp³-hybridized carbons (Fsp3) is 0.467. The molecule has 61 heavy (non-hydrogen) atoms. The van der Waals surface area contributed by atoms with Crippen LogP contribution in [0.4, 0.5) is 0 Å². The molecule has 2 aromatic carbocycles. The van der Waals surface area contributed by atoms with Gasteiger partial charge in [0.2, 0.25) is 0 Å². The second kappa shape index (κ2) is 17.9. The first-order valence-electron chi connectivity index (χ1n) is 19.9. The third kappa shape index (κ3) is 9.43. The highest BCUT2D eigenvalue weighted by Crippen LogP contribution is 2.57. The normalized spacial score (nSPS) is 21.4. The van der Waals surface area contributed by atoms with Crippen LogP contribution in [0.1, 0.15) is 98.9 Å². The molecular formula is C45H50Cl2N8O6. The van der Waals surface area contributed by atoms with Crippen molar-refractivity contribution in [1.29, 1.82) is 10.5 Å². The number of halogens is 2. The molecule has 2 fully saturated rings. The third-order valence-corrected chi connectivity index (χ3v) is 12.5. The Kier molecular flexibility index (Phi) is 13.3. The number of benzene rings is 2. The topological polar surface area (TPSA) is 194 Å². The van der Waals surface area contributed by atoms with Crippen molar-refractivity contribution in [1.82, 2.24) is 30.6 Å². The summed E-state index contributed by atoms with van der Waals surface area (Å²) in [6.07, 6.45) is 5.98. The maximum absolute atomic E-state index is 13.2. The number of aromatic nitrogens is 4. The van der Waals surface area contributed by atoms with Gasteiger partial charge in [-0.2, -0.15) is 10.5 Å². The molecule has 2 amide bonds. The number of rotatable bonds is 16. The Morgan fingerprint density at radius 1 is 0.623 bits per heavy atom. The lowest BCUT2D eigenvalue weighted by atomic mass is 9.49. The Hall–Kier alpha value is -5.38. The van der Waals surface area contributed by atoms with E-state index in [0.717, 1.165) is 0 Å². The Labute approximate surface area is 366 Å². The van der Waals surface area contributed by atoms with Gasteiger partial charge in [0, 0.05) is 77.1 Å². The maximum atomic E-state index is 13.2. The van der Waals surface area contributed by atoms with Crippen LogP contribution in [0, 0.1) is 44.3 Å². The van der Waals surface area contributed by atoms with Gasteiger partial charge in [0.15, 0.2) is 5.82 Å². The van der Waals surface area contributed by atoms with Gasteiger partial charge in [-0.3, -0.25) is 9.59 Å². The van der Waals surface area contributed by atoms with Crippen molar-refractivity contribution in [3.8, 4) is 23.6 Å². The summed E-state index contributed by atoms with van der Waals surface area (Å²) in [5.74, 6) is 1.54. The van der Waals surface area contributed by atoms with Gasteiger partial charge in [-0.05, 0) is 24.3 Å². The highest BCUT2D eigenvalue weighted by Gasteiger charge is 2.65. The molecule has 16 heteroatoms. The summed E-state index contributed by atoms with van der Waals surface area (Å²) in [6, 6.07) is 13.7. The molecule has 0 spiro atoms. The number of ether oxygens (including phenoxy) is 4. The second-order valence-electron chi connectivity index (χ2n) is 17.8. The van der Waals surface area contributed by atoms with E-state index < -0.39 is 21.7 Å². The molecule has 0 bridgehead atoms. The summed E-state index contributed by atoms with van der Waals surface area (Å²) in [5, 5.41) is 25.3. The van der Waals surface area contributed by atoms with Gasteiger partial charge in [-0.1, -0.05) is 78.6 Å². The molecule has 0 atom stereocenters. The first kappa shape index (κ1) is 45.2. The molecule has 0 radical (unpaired) electrons. The molecule has 2 heterocycles. The zero-order valence-electron chi connectivity index (χ0n) is 35.5. The molecule has 320 valence electrons. The van der Waals surface area contributed by atoms with Crippen LogP contribution in [0.5, 0.6) is 11.5 Å². The van der Waals surface area contributed by atoms with Crippen LogP contribution in [0.25, 0.3) is 0 Å². The van der Waals surface area contributed by atoms with Gasteiger partial charge in [0.05, 0.1) is 52.1 Å². The Morgan fingerprint density at radius 2 is 1.02 bits per heavy atom. The predicted octanol–water partition coefficient (Wildman–Crippen LogP) is 7.32. The van der Waals surface area contributed by atoms with E-state index >= 15 is 0 Å². The van der Waals surface area contributed by atoms with Gasteiger partial charge in [0.25, 0.3) is 11.8 Å². The summed E-state index contributed by atoms with van der Waals surface area (Å²) in [7, 11) is 0. The van der Waals surface area contributed by atoms with Crippen LogP contribution >= 0.6 is 23.2 Å². The van der Waals surface area contributed by atoms with Crippen LogP contribution in [-0.4, -0.2) is 75.9 Å². The van der Waals surface area contributed by atoms with Crippen molar-refractivity contribution in [3.05, 3.63) is 105 Å². The number of hydrogen-bond acceptors (Lipinski definition) is 12. The predicted molar refractivity (Wildman–Crippen MR) is 227 cm³/mol. The monoisotopic (exact) mass is 868 g/mol. The molecule has 0 saturated heterocycles. The van der Waals surface area contributed by atoms with E-state index in [-0.39, 0.29) is 42.7 Å². The molecule has 0 unspecified atom stereocenters. The number of nitrogens with zero attached hydrogens (tertiary/aromatic N) is 6. The van der Waals surface area contributed by atoms with Crippen molar-refractivity contribution in [3.63, 3.8) is 0 Å². The minimum absolute atomic E-state index is 0.147. The molecule has 2 aromatic heterocycles. The van der Waals surface area contributed by atoms with Crippen molar-refractivity contribution in [2.24, 2.45) is 21.7 Å². The summed E-state index contributed by atoms with van der Waals surface area (Å²) < 4.78 is 24.0. The molecular weight excluding hydrogens is 819 g/mol. The number of hydrogen-bond donors (Lipinski definition) is 2. The van der Waals surface area contributed by atoms with Crippen molar-refractivity contribution < 1.29 is 28.5 Å². The number of amides is 2. The number of nitriles is 2. The molecule has 4 aromatic rings. The van der Waals surface area contributed by atoms with Crippen LogP contribution < -0.4 is 20.1 Å². The Bertz CT molecular complexity index is 2150. The lowest BCUT2D eigenvalue weighted by molar-refractivity contribution is -0.164. The van der Waals surface area contributed by atoms with E-state index in [9.17, 15) is 20.1 Å². The van der Waals surface area contributed by atoms with E-state index in [0.29, 0.717) is 81.7 Å². The maximum Gasteiger partial charge on any atom is 0.254 e. The average molecular weight is 870 g/mol. The zero-order valence-corrected chi connectivity index (χ0v) is 37.0. The number of carbonyl (C=O) groups excluding carboxylic acids is 2. The van der Waals surface area contributed by atoms with Gasteiger partial charge in [-0.25, -0.2) is 19.9 Å². The average Bonchev–Trinajstić information content (AvgIpc) is 3.22. The first-order chi connectivity index (χ1) is 28.8.